The highest BCUT2D eigenvalue weighted by atomic mass is 16.2. The van der Waals surface area contributed by atoms with E-state index < -0.39 is 0 Å². The third-order valence-electron chi connectivity index (χ3n) is 2.25. The fraction of sp³-hybridized carbons (Fsp3) is 0.333. The molecule has 0 radical (unpaired) electrons. The largest absolute Gasteiger partial charge is 0.340 e. The Hall–Kier alpha value is -1.84. The van der Waals surface area contributed by atoms with Crippen molar-refractivity contribution in [3.05, 3.63) is 46.9 Å². The molecule has 4 heteroatoms. The van der Waals surface area contributed by atoms with Crippen molar-refractivity contribution in [2.45, 2.75) is 12.8 Å². The van der Waals surface area contributed by atoms with Crippen LogP contribution in [0, 0.1) is 0 Å². The summed E-state index contributed by atoms with van der Waals surface area (Å²) in [4.78, 5) is 27.0. The Morgan fingerprint density at radius 1 is 1.56 bits per heavy atom. The molecule has 0 saturated carbocycles. The summed E-state index contributed by atoms with van der Waals surface area (Å²) >= 11 is 0. The lowest BCUT2D eigenvalue weighted by Crippen LogP contribution is -2.29. The van der Waals surface area contributed by atoms with Crippen LogP contribution in [0.1, 0.15) is 23.3 Å². The molecule has 0 aromatic carbocycles. The van der Waals surface area contributed by atoms with Crippen LogP contribution in [0.25, 0.3) is 0 Å². The highest BCUT2D eigenvalue weighted by Crippen LogP contribution is 2.00. The van der Waals surface area contributed by atoms with Crippen LogP contribution >= 0.6 is 0 Å². The van der Waals surface area contributed by atoms with Gasteiger partial charge in [0, 0.05) is 19.7 Å². The van der Waals surface area contributed by atoms with E-state index in [9.17, 15) is 9.59 Å². The fourth-order valence-corrected chi connectivity index (χ4v) is 1.35. The molecule has 0 aliphatic rings. The van der Waals surface area contributed by atoms with E-state index in [1.807, 2.05) is 6.08 Å². The van der Waals surface area contributed by atoms with Gasteiger partial charge in [-0.2, -0.15) is 0 Å². The van der Waals surface area contributed by atoms with Gasteiger partial charge in [-0.05, 0) is 18.9 Å². The van der Waals surface area contributed by atoms with Crippen molar-refractivity contribution in [3.63, 3.8) is 0 Å². The molecule has 0 unspecified atom stereocenters. The zero-order valence-electron chi connectivity index (χ0n) is 9.40. The average Bonchev–Trinajstić information content (AvgIpc) is 2.28. The lowest BCUT2D eigenvalue weighted by atomic mass is 10.2. The monoisotopic (exact) mass is 220 g/mol. The number of nitrogens with one attached hydrogen (secondary N) is 1. The van der Waals surface area contributed by atoms with Gasteiger partial charge in [-0.3, -0.25) is 9.59 Å². The number of carbonyl (C=O) groups excluding carboxylic acids is 1. The molecule has 1 rings (SSSR count). The second-order valence-corrected chi connectivity index (χ2v) is 3.59. The van der Waals surface area contributed by atoms with E-state index in [1.165, 1.54) is 6.07 Å². The van der Waals surface area contributed by atoms with Crippen molar-refractivity contribution in [3.8, 4) is 0 Å². The van der Waals surface area contributed by atoms with E-state index >= 15 is 0 Å². The number of aromatic nitrogens is 1. The summed E-state index contributed by atoms with van der Waals surface area (Å²) in [5.41, 5.74) is 0.0685. The van der Waals surface area contributed by atoms with Crippen molar-refractivity contribution in [2.24, 2.45) is 0 Å². The lowest BCUT2D eigenvalue weighted by Gasteiger charge is -2.16. The van der Waals surface area contributed by atoms with Gasteiger partial charge in [0.1, 0.15) is 5.69 Å². The van der Waals surface area contributed by atoms with E-state index in [4.69, 9.17) is 0 Å². The Morgan fingerprint density at radius 3 is 2.94 bits per heavy atom. The lowest BCUT2D eigenvalue weighted by molar-refractivity contribution is 0.0788. The molecule has 0 saturated heterocycles. The molecule has 0 fully saturated rings. The number of carbonyl (C=O) groups is 1. The standard InChI is InChI=1S/C12H16N2O2/c1-3-4-5-9-14(2)12(16)10-7-6-8-11(15)13-10/h3,6-8H,1,4-5,9H2,2H3,(H,13,15). The summed E-state index contributed by atoms with van der Waals surface area (Å²) in [6.45, 7) is 4.28. The summed E-state index contributed by atoms with van der Waals surface area (Å²) in [5, 5.41) is 0. The van der Waals surface area contributed by atoms with Gasteiger partial charge < -0.3 is 9.88 Å². The van der Waals surface area contributed by atoms with Crippen molar-refractivity contribution in [1.82, 2.24) is 9.88 Å². The molecule has 1 N–H and O–H groups in total. The maximum absolute atomic E-state index is 11.8. The van der Waals surface area contributed by atoms with Crippen molar-refractivity contribution in [2.75, 3.05) is 13.6 Å². The van der Waals surface area contributed by atoms with Gasteiger partial charge in [0.25, 0.3) is 5.91 Å². The van der Waals surface area contributed by atoms with E-state index in [0.29, 0.717) is 12.2 Å². The number of allylic oxidation sites excluding steroid dienone is 1. The van der Waals surface area contributed by atoms with Crippen LogP contribution in [0.5, 0.6) is 0 Å². The zero-order chi connectivity index (χ0) is 12.0. The van der Waals surface area contributed by atoms with E-state index in [-0.39, 0.29) is 11.5 Å². The third kappa shape index (κ3) is 3.38. The summed E-state index contributed by atoms with van der Waals surface area (Å²) in [5.74, 6) is -0.165. The molecule has 0 aliphatic carbocycles. The van der Waals surface area contributed by atoms with Crippen molar-refractivity contribution in [1.29, 1.82) is 0 Å². The molecule has 86 valence electrons. The first-order valence-electron chi connectivity index (χ1n) is 5.21. The number of pyridine rings is 1. The van der Waals surface area contributed by atoms with Crippen LogP contribution in [0.15, 0.2) is 35.6 Å². The van der Waals surface area contributed by atoms with Gasteiger partial charge in [0.05, 0.1) is 0 Å². The van der Waals surface area contributed by atoms with Crippen LogP contribution in [0.2, 0.25) is 0 Å². The SMILES string of the molecule is C=CCCCN(C)C(=O)c1cccc(=O)[nH]1. The smallest absolute Gasteiger partial charge is 0.270 e. The minimum atomic E-state index is -0.259. The Morgan fingerprint density at radius 2 is 2.31 bits per heavy atom. The third-order valence-corrected chi connectivity index (χ3v) is 2.25. The van der Waals surface area contributed by atoms with Crippen LogP contribution in [0.4, 0.5) is 0 Å². The Bertz CT molecular complexity index is 423. The van der Waals surface area contributed by atoms with Gasteiger partial charge in [0.15, 0.2) is 0 Å². The maximum Gasteiger partial charge on any atom is 0.270 e. The zero-order valence-corrected chi connectivity index (χ0v) is 9.40. The fourth-order valence-electron chi connectivity index (χ4n) is 1.35. The van der Waals surface area contributed by atoms with Gasteiger partial charge in [0.2, 0.25) is 5.56 Å². The molecular weight excluding hydrogens is 204 g/mol. The average molecular weight is 220 g/mol. The molecule has 1 heterocycles. The molecule has 16 heavy (non-hydrogen) atoms. The van der Waals surface area contributed by atoms with Crippen molar-refractivity contribution >= 4 is 5.91 Å². The second kappa shape index (κ2) is 5.90. The Kier molecular flexibility index (Phi) is 4.51. The number of rotatable bonds is 5. The maximum atomic E-state index is 11.8. The first-order chi connectivity index (χ1) is 7.65. The summed E-state index contributed by atoms with van der Waals surface area (Å²) in [6.07, 6.45) is 3.58. The second-order valence-electron chi connectivity index (χ2n) is 3.59. The number of amides is 1. The minimum absolute atomic E-state index is 0.165. The van der Waals surface area contributed by atoms with E-state index in [2.05, 4.69) is 11.6 Å². The number of aromatic amines is 1. The van der Waals surface area contributed by atoms with Gasteiger partial charge in [-0.25, -0.2) is 0 Å². The highest BCUT2D eigenvalue weighted by molar-refractivity contribution is 5.91. The first kappa shape index (κ1) is 12.2. The topological polar surface area (TPSA) is 53.2 Å². The van der Waals surface area contributed by atoms with Gasteiger partial charge in [-0.15, -0.1) is 6.58 Å². The molecule has 1 aromatic heterocycles. The number of unbranched alkanes of at least 4 members (excludes halogenated alkanes) is 1. The molecule has 0 aliphatic heterocycles. The number of H-pyrrole nitrogens is 1. The molecule has 0 atom stereocenters. The molecule has 1 amide bonds. The minimum Gasteiger partial charge on any atom is -0.340 e. The van der Waals surface area contributed by atoms with Crippen LogP contribution in [0.3, 0.4) is 0 Å². The molecule has 0 bridgehead atoms. The molecule has 4 nitrogen and oxygen atoms in total. The predicted molar refractivity (Wildman–Crippen MR) is 63.5 cm³/mol. The molecule has 0 spiro atoms. The van der Waals surface area contributed by atoms with Crippen LogP contribution in [-0.2, 0) is 0 Å². The van der Waals surface area contributed by atoms with E-state index in [0.717, 1.165) is 12.8 Å². The Labute approximate surface area is 94.6 Å². The first-order valence-corrected chi connectivity index (χ1v) is 5.21. The molecule has 1 aromatic rings. The normalized spacial score (nSPS) is 9.81. The Balaban J connectivity index is 2.63. The number of hydrogen-bond acceptors (Lipinski definition) is 2. The number of hydrogen-bond donors (Lipinski definition) is 1. The predicted octanol–water partition coefficient (Wildman–Crippen LogP) is 1.41. The highest BCUT2D eigenvalue weighted by Gasteiger charge is 2.11. The quantitative estimate of drug-likeness (QED) is 0.602. The van der Waals surface area contributed by atoms with Gasteiger partial charge >= 0.3 is 0 Å². The van der Waals surface area contributed by atoms with Crippen molar-refractivity contribution < 1.29 is 4.79 Å². The van der Waals surface area contributed by atoms with Crippen LogP contribution in [-0.4, -0.2) is 29.4 Å². The number of nitrogens with zero attached hydrogens (tertiary/aromatic N) is 1. The van der Waals surface area contributed by atoms with Gasteiger partial charge in [-0.1, -0.05) is 12.1 Å². The molecular formula is C12H16N2O2. The summed E-state index contributed by atoms with van der Waals surface area (Å²) in [7, 11) is 1.72. The van der Waals surface area contributed by atoms with Crippen LogP contribution < -0.4 is 5.56 Å². The van der Waals surface area contributed by atoms with E-state index in [1.54, 1.807) is 24.1 Å². The summed E-state index contributed by atoms with van der Waals surface area (Å²) in [6, 6.07) is 4.56. The summed E-state index contributed by atoms with van der Waals surface area (Å²) < 4.78 is 0.